The van der Waals surface area contributed by atoms with E-state index in [1.54, 1.807) is 6.07 Å². The smallest absolute Gasteiger partial charge is 0.270 e. The molecule has 0 bridgehead atoms. The molecule has 1 aliphatic carbocycles. The number of amides is 1. The van der Waals surface area contributed by atoms with Crippen LogP contribution in [0.2, 0.25) is 0 Å². The fourth-order valence-corrected chi connectivity index (χ4v) is 2.62. The molecule has 18 heavy (non-hydrogen) atoms. The first-order valence-corrected chi connectivity index (χ1v) is 6.50. The second-order valence-corrected chi connectivity index (χ2v) is 5.21. The molecule has 0 aliphatic heterocycles. The third-order valence-electron chi connectivity index (χ3n) is 3.40. The van der Waals surface area contributed by atoms with Gasteiger partial charge in [0.25, 0.3) is 5.91 Å². The van der Waals surface area contributed by atoms with Crippen LogP contribution in [-0.2, 0) is 0 Å². The zero-order chi connectivity index (χ0) is 13.2. The Balaban J connectivity index is 2.18. The predicted molar refractivity (Wildman–Crippen MR) is 74.4 cm³/mol. The van der Waals surface area contributed by atoms with E-state index < -0.39 is 5.54 Å². The number of aryl methyl sites for hydroxylation is 1. The fraction of sp³-hybridized carbons (Fsp3) is 0.462. The fourth-order valence-electron chi connectivity index (χ4n) is 2.36. The Morgan fingerprint density at radius 2 is 2.11 bits per heavy atom. The average Bonchev–Trinajstić information content (AvgIpc) is 2.79. The van der Waals surface area contributed by atoms with Gasteiger partial charge in [0.15, 0.2) is 0 Å². The zero-order valence-electron chi connectivity index (χ0n) is 10.4. The number of hydrogen-bond acceptors (Lipinski definition) is 3. The van der Waals surface area contributed by atoms with E-state index in [9.17, 15) is 4.79 Å². The second-order valence-electron chi connectivity index (χ2n) is 4.77. The van der Waals surface area contributed by atoms with E-state index in [2.05, 4.69) is 10.3 Å². The summed E-state index contributed by atoms with van der Waals surface area (Å²) in [7, 11) is 0. The van der Waals surface area contributed by atoms with Crippen LogP contribution in [0.5, 0.6) is 0 Å². The number of rotatable bonds is 3. The highest BCUT2D eigenvalue weighted by atomic mass is 32.1. The Labute approximate surface area is 112 Å². The molecule has 2 rings (SSSR count). The standard InChI is InChI=1S/C13H17N3OS/c1-9-5-4-6-10(15-9)11(17)16-13(12(14)18)7-2-3-8-13/h4-6H,2-3,7-8H2,1H3,(H2,14,18)(H,16,17). The molecule has 0 radical (unpaired) electrons. The van der Waals surface area contributed by atoms with Crippen LogP contribution in [0.3, 0.4) is 0 Å². The quantitative estimate of drug-likeness (QED) is 0.815. The molecule has 0 saturated heterocycles. The molecule has 1 fully saturated rings. The topological polar surface area (TPSA) is 68.0 Å². The molecule has 1 heterocycles. The number of nitrogens with two attached hydrogens (primary N) is 1. The largest absolute Gasteiger partial charge is 0.391 e. The van der Waals surface area contributed by atoms with Gasteiger partial charge in [0.2, 0.25) is 0 Å². The highest BCUT2D eigenvalue weighted by Crippen LogP contribution is 2.30. The SMILES string of the molecule is Cc1cccc(C(=O)NC2(C(N)=S)CCCC2)n1. The maximum absolute atomic E-state index is 12.2. The Bertz CT molecular complexity index is 481. The van der Waals surface area contributed by atoms with E-state index in [4.69, 9.17) is 18.0 Å². The van der Waals surface area contributed by atoms with Gasteiger partial charge in [-0.25, -0.2) is 4.98 Å². The third kappa shape index (κ3) is 2.51. The van der Waals surface area contributed by atoms with Gasteiger partial charge >= 0.3 is 0 Å². The highest BCUT2D eigenvalue weighted by molar-refractivity contribution is 7.80. The van der Waals surface area contributed by atoms with Gasteiger partial charge in [0, 0.05) is 5.69 Å². The lowest BCUT2D eigenvalue weighted by Crippen LogP contribution is -2.54. The van der Waals surface area contributed by atoms with E-state index in [1.807, 2.05) is 19.1 Å². The molecule has 1 amide bonds. The van der Waals surface area contributed by atoms with E-state index in [0.717, 1.165) is 31.4 Å². The minimum atomic E-state index is -0.516. The minimum Gasteiger partial charge on any atom is -0.391 e. The normalized spacial score (nSPS) is 17.4. The maximum atomic E-state index is 12.2. The second kappa shape index (κ2) is 5.02. The van der Waals surface area contributed by atoms with Gasteiger partial charge in [0.1, 0.15) is 5.69 Å². The number of nitrogens with zero attached hydrogens (tertiary/aromatic N) is 1. The van der Waals surface area contributed by atoms with Crippen LogP contribution in [0, 0.1) is 6.92 Å². The lowest BCUT2D eigenvalue weighted by molar-refractivity contribution is 0.0919. The summed E-state index contributed by atoms with van der Waals surface area (Å²) in [5.41, 5.74) is 6.50. The first kappa shape index (κ1) is 13.0. The van der Waals surface area contributed by atoms with Crippen LogP contribution in [0.1, 0.15) is 41.9 Å². The average molecular weight is 263 g/mol. The first-order valence-electron chi connectivity index (χ1n) is 6.10. The summed E-state index contributed by atoms with van der Waals surface area (Å²) in [5.74, 6) is -0.201. The van der Waals surface area contributed by atoms with Crippen LogP contribution in [0.25, 0.3) is 0 Å². The van der Waals surface area contributed by atoms with Gasteiger partial charge in [-0.1, -0.05) is 31.1 Å². The van der Waals surface area contributed by atoms with Crippen molar-refractivity contribution in [1.82, 2.24) is 10.3 Å². The molecule has 5 heteroatoms. The molecule has 0 unspecified atom stereocenters. The number of pyridine rings is 1. The molecule has 0 atom stereocenters. The van der Waals surface area contributed by atoms with Gasteiger partial charge in [-0.15, -0.1) is 0 Å². The molecular weight excluding hydrogens is 246 g/mol. The highest BCUT2D eigenvalue weighted by Gasteiger charge is 2.38. The van der Waals surface area contributed by atoms with Crippen molar-refractivity contribution in [3.05, 3.63) is 29.6 Å². The molecule has 1 aromatic heterocycles. The van der Waals surface area contributed by atoms with Gasteiger partial charge < -0.3 is 11.1 Å². The molecule has 3 N–H and O–H groups in total. The van der Waals surface area contributed by atoms with Crippen molar-refractivity contribution in [2.24, 2.45) is 5.73 Å². The third-order valence-corrected chi connectivity index (χ3v) is 3.79. The van der Waals surface area contributed by atoms with Crippen LogP contribution < -0.4 is 11.1 Å². The molecule has 0 spiro atoms. The molecule has 0 aromatic carbocycles. The monoisotopic (exact) mass is 263 g/mol. The number of carbonyl (C=O) groups is 1. The van der Waals surface area contributed by atoms with Crippen molar-refractivity contribution < 1.29 is 4.79 Å². The summed E-state index contributed by atoms with van der Waals surface area (Å²) in [6, 6.07) is 5.37. The molecule has 4 nitrogen and oxygen atoms in total. The van der Waals surface area contributed by atoms with Gasteiger partial charge in [-0.3, -0.25) is 4.79 Å². The summed E-state index contributed by atoms with van der Waals surface area (Å²) < 4.78 is 0. The lowest BCUT2D eigenvalue weighted by atomic mass is 9.97. The van der Waals surface area contributed by atoms with Gasteiger partial charge in [-0.05, 0) is 31.9 Å². The molecule has 1 aliphatic rings. The Morgan fingerprint density at radius 3 is 2.67 bits per heavy atom. The summed E-state index contributed by atoms with van der Waals surface area (Å²) in [6.45, 7) is 1.86. The van der Waals surface area contributed by atoms with E-state index in [1.165, 1.54) is 0 Å². The van der Waals surface area contributed by atoms with Crippen molar-refractivity contribution in [1.29, 1.82) is 0 Å². The number of aromatic nitrogens is 1. The first-order chi connectivity index (χ1) is 8.53. The lowest BCUT2D eigenvalue weighted by Gasteiger charge is -2.28. The minimum absolute atomic E-state index is 0.201. The Kier molecular flexibility index (Phi) is 3.61. The Hall–Kier alpha value is -1.49. The van der Waals surface area contributed by atoms with Crippen molar-refractivity contribution >= 4 is 23.1 Å². The van der Waals surface area contributed by atoms with Crippen LogP contribution in [0.15, 0.2) is 18.2 Å². The molecular formula is C13H17N3OS. The summed E-state index contributed by atoms with van der Waals surface area (Å²) in [4.78, 5) is 16.8. The van der Waals surface area contributed by atoms with Crippen LogP contribution in [-0.4, -0.2) is 21.4 Å². The number of hydrogen-bond donors (Lipinski definition) is 2. The van der Waals surface area contributed by atoms with Crippen LogP contribution >= 0.6 is 12.2 Å². The van der Waals surface area contributed by atoms with Gasteiger partial charge in [0.05, 0.1) is 10.5 Å². The summed E-state index contributed by atoms with van der Waals surface area (Å²) in [6.07, 6.45) is 3.72. The van der Waals surface area contributed by atoms with E-state index in [0.29, 0.717) is 10.7 Å². The Morgan fingerprint density at radius 1 is 1.44 bits per heavy atom. The van der Waals surface area contributed by atoms with Gasteiger partial charge in [-0.2, -0.15) is 0 Å². The van der Waals surface area contributed by atoms with Crippen molar-refractivity contribution in [2.45, 2.75) is 38.1 Å². The number of nitrogens with one attached hydrogen (secondary N) is 1. The van der Waals surface area contributed by atoms with E-state index in [-0.39, 0.29) is 5.91 Å². The molecule has 1 saturated carbocycles. The predicted octanol–water partition coefficient (Wildman–Crippen LogP) is 1.72. The summed E-state index contributed by atoms with van der Waals surface area (Å²) in [5, 5.41) is 2.97. The molecule has 1 aromatic rings. The van der Waals surface area contributed by atoms with Crippen molar-refractivity contribution in [3.8, 4) is 0 Å². The molecule has 96 valence electrons. The number of thiocarbonyl (C=S) groups is 1. The number of carbonyl (C=O) groups excluding carboxylic acids is 1. The van der Waals surface area contributed by atoms with Crippen molar-refractivity contribution in [3.63, 3.8) is 0 Å². The van der Waals surface area contributed by atoms with Crippen molar-refractivity contribution in [2.75, 3.05) is 0 Å². The summed E-state index contributed by atoms with van der Waals surface area (Å²) >= 11 is 5.10. The maximum Gasteiger partial charge on any atom is 0.270 e. The van der Waals surface area contributed by atoms with Crippen LogP contribution in [0.4, 0.5) is 0 Å². The van der Waals surface area contributed by atoms with E-state index >= 15 is 0 Å². The zero-order valence-corrected chi connectivity index (χ0v) is 11.2.